The van der Waals surface area contributed by atoms with Crippen molar-refractivity contribution in [1.29, 1.82) is 0 Å². The summed E-state index contributed by atoms with van der Waals surface area (Å²) in [5.41, 5.74) is 1.94. The van der Waals surface area contributed by atoms with E-state index in [-0.39, 0.29) is 4.90 Å². The van der Waals surface area contributed by atoms with E-state index in [4.69, 9.17) is 0 Å². The second kappa shape index (κ2) is 5.38. The summed E-state index contributed by atoms with van der Waals surface area (Å²) in [5.74, 6) is -0.467. The standard InChI is InChI=1S/C16H13FN2O2S/c1-11-2-5-15(6-3-11)22(20,21)19-14-4-7-16-12(9-14)8-13(17)10-18-16/h2-10,19H,1H3. The molecule has 0 aliphatic heterocycles. The van der Waals surface area contributed by atoms with Crippen LogP contribution in [0.3, 0.4) is 0 Å². The van der Waals surface area contributed by atoms with Gasteiger partial charge in [-0.3, -0.25) is 9.71 Å². The number of aryl methyl sites for hydroxylation is 1. The van der Waals surface area contributed by atoms with E-state index in [0.29, 0.717) is 16.6 Å². The van der Waals surface area contributed by atoms with Crippen molar-refractivity contribution in [1.82, 2.24) is 4.98 Å². The third-order valence-electron chi connectivity index (χ3n) is 3.23. The first-order valence-corrected chi connectivity index (χ1v) is 8.07. The molecule has 2 aromatic carbocycles. The molecule has 112 valence electrons. The second-order valence-electron chi connectivity index (χ2n) is 4.98. The Bertz CT molecular complexity index is 938. The number of nitrogens with zero attached hydrogens (tertiary/aromatic N) is 1. The van der Waals surface area contributed by atoms with E-state index in [2.05, 4.69) is 9.71 Å². The van der Waals surface area contributed by atoms with Gasteiger partial charge in [-0.25, -0.2) is 12.8 Å². The zero-order valence-electron chi connectivity index (χ0n) is 11.7. The maximum atomic E-state index is 13.2. The Kier molecular flexibility index (Phi) is 3.54. The monoisotopic (exact) mass is 316 g/mol. The molecule has 0 unspecified atom stereocenters. The predicted octanol–water partition coefficient (Wildman–Crippen LogP) is 3.48. The lowest BCUT2D eigenvalue weighted by Gasteiger charge is -2.09. The molecular weight excluding hydrogens is 303 g/mol. The number of hydrogen-bond donors (Lipinski definition) is 1. The number of pyridine rings is 1. The van der Waals surface area contributed by atoms with Gasteiger partial charge >= 0.3 is 0 Å². The summed E-state index contributed by atoms with van der Waals surface area (Å²) in [6.07, 6.45) is 1.12. The molecule has 6 heteroatoms. The quantitative estimate of drug-likeness (QED) is 0.805. The Morgan fingerprint density at radius 1 is 1.05 bits per heavy atom. The van der Waals surface area contributed by atoms with Crippen LogP contribution in [0.5, 0.6) is 0 Å². The molecule has 3 rings (SSSR count). The van der Waals surface area contributed by atoms with E-state index in [1.54, 1.807) is 42.5 Å². The van der Waals surface area contributed by atoms with E-state index in [1.165, 1.54) is 6.07 Å². The van der Waals surface area contributed by atoms with E-state index in [9.17, 15) is 12.8 Å². The van der Waals surface area contributed by atoms with Crippen LogP contribution >= 0.6 is 0 Å². The molecular formula is C16H13FN2O2S. The first-order valence-electron chi connectivity index (χ1n) is 6.59. The van der Waals surface area contributed by atoms with Crippen LogP contribution in [0, 0.1) is 12.7 Å². The fraction of sp³-hybridized carbons (Fsp3) is 0.0625. The first kappa shape index (κ1) is 14.5. The topological polar surface area (TPSA) is 59.1 Å². The molecule has 4 nitrogen and oxygen atoms in total. The molecule has 0 atom stereocenters. The summed E-state index contributed by atoms with van der Waals surface area (Å²) in [4.78, 5) is 4.11. The van der Waals surface area contributed by atoms with E-state index in [0.717, 1.165) is 11.8 Å². The van der Waals surface area contributed by atoms with Gasteiger partial charge in [-0.1, -0.05) is 17.7 Å². The number of aromatic nitrogens is 1. The molecule has 0 saturated heterocycles. The molecule has 0 saturated carbocycles. The number of anilines is 1. The minimum absolute atomic E-state index is 0.176. The zero-order chi connectivity index (χ0) is 15.7. The largest absolute Gasteiger partial charge is 0.280 e. The van der Waals surface area contributed by atoms with Crippen LogP contribution in [0.25, 0.3) is 10.9 Å². The average Bonchev–Trinajstić information content (AvgIpc) is 2.47. The zero-order valence-corrected chi connectivity index (χ0v) is 12.6. The molecule has 0 aliphatic carbocycles. The van der Waals surface area contributed by atoms with Gasteiger partial charge in [-0.15, -0.1) is 0 Å². The third kappa shape index (κ3) is 2.92. The van der Waals surface area contributed by atoms with Crippen LogP contribution in [-0.2, 0) is 10.0 Å². The van der Waals surface area contributed by atoms with Crippen LogP contribution in [-0.4, -0.2) is 13.4 Å². The molecule has 0 radical (unpaired) electrons. The number of fused-ring (bicyclic) bond motifs is 1. The van der Waals surface area contributed by atoms with Gasteiger partial charge in [0.2, 0.25) is 0 Å². The fourth-order valence-corrected chi connectivity index (χ4v) is 3.15. The molecule has 0 amide bonds. The third-order valence-corrected chi connectivity index (χ3v) is 4.63. The van der Waals surface area contributed by atoms with Gasteiger partial charge in [0.1, 0.15) is 5.82 Å². The lowest BCUT2D eigenvalue weighted by Crippen LogP contribution is -2.12. The van der Waals surface area contributed by atoms with Crippen molar-refractivity contribution >= 4 is 26.6 Å². The maximum absolute atomic E-state index is 13.2. The van der Waals surface area contributed by atoms with Gasteiger partial charge in [-0.2, -0.15) is 0 Å². The Balaban J connectivity index is 1.96. The van der Waals surface area contributed by atoms with Crippen molar-refractivity contribution in [3.63, 3.8) is 0 Å². The fourth-order valence-electron chi connectivity index (χ4n) is 2.10. The van der Waals surface area contributed by atoms with Gasteiger partial charge in [0.25, 0.3) is 10.0 Å². The maximum Gasteiger partial charge on any atom is 0.261 e. The summed E-state index contributed by atoms with van der Waals surface area (Å²) >= 11 is 0. The highest BCUT2D eigenvalue weighted by atomic mass is 32.2. The summed E-state index contributed by atoms with van der Waals surface area (Å²) in [5, 5.41) is 0.532. The van der Waals surface area contributed by atoms with Gasteiger partial charge in [-0.05, 0) is 43.3 Å². The molecule has 0 spiro atoms. The molecule has 1 N–H and O–H groups in total. The number of sulfonamides is 1. The van der Waals surface area contributed by atoms with Crippen molar-refractivity contribution in [2.45, 2.75) is 11.8 Å². The number of hydrogen-bond acceptors (Lipinski definition) is 3. The van der Waals surface area contributed by atoms with Gasteiger partial charge in [0.15, 0.2) is 0 Å². The van der Waals surface area contributed by atoms with Crippen LogP contribution in [0.1, 0.15) is 5.56 Å². The Labute approximate surface area is 127 Å². The van der Waals surface area contributed by atoms with E-state index >= 15 is 0 Å². The minimum Gasteiger partial charge on any atom is -0.280 e. The van der Waals surface area contributed by atoms with Crippen LogP contribution in [0.2, 0.25) is 0 Å². The predicted molar refractivity (Wildman–Crippen MR) is 83.7 cm³/mol. The summed E-state index contributed by atoms with van der Waals surface area (Å²) in [6, 6.07) is 12.6. The SMILES string of the molecule is Cc1ccc(S(=O)(=O)Nc2ccc3ncc(F)cc3c2)cc1. The number of benzene rings is 2. The lowest BCUT2D eigenvalue weighted by atomic mass is 10.2. The van der Waals surface area contributed by atoms with Crippen LogP contribution < -0.4 is 4.72 Å². The average molecular weight is 316 g/mol. The van der Waals surface area contributed by atoms with Crippen LogP contribution in [0.15, 0.2) is 59.6 Å². The normalized spacial score (nSPS) is 11.5. The smallest absolute Gasteiger partial charge is 0.261 e. The Hall–Kier alpha value is -2.47. The number of rotatable bonds is 3. The van der Waals surface area contributed by atoms with Crippen molar-refractivity contribution in [3.8, 4) is 0 Å². The molecule has 3 aromatic rings. The van der Waals surface area contributed by atoms with E-state index in [1.807, 2.05) is 6.92 Å². The Morgan fingerprint density at radius 2 is 1.77 bits per heavy atom. The molecule has 1 heterocycles. The van der Waals surface area contributed by atoms with Crippen LogP contribution in [0.4, 0.5) is 10.1 Å². The molecule has 0 fully saturated rings. The second-order valence-corrected chi connectivity index (χ2v) is 6.66. The molecule has 22 heavy (non-hydrogen) atoms. The van der Waals surface area contributed by atoms with Crippen molar-refractivity contribution < 1.29 is 12.8 Å². The lowest BCUT2D eigenvalue weighted by molar-refractivity contribution is 0.601. The number of halogens is 1. The summed E-state index contributed by atoms with van der Waals surface area (Å²) < 4.78 is 40.3. The molecule has 0 bridgehead atoms. The first-order chi connectivity index (χ1) is 10.4. The van der Waals surface area contributed by atoms with Gasteiger partial charge in [0.05, 0.1) is 16.6 Å². The highest BCUT2D eigenvalue weighted by molar-refractivity contribution is 7.92. The molecule has 0 aliphatic rings. The van der Waals surface area contributed by atoms with Crippen molar-refractivity contribution in [3.05, 3.63) is 66.1 Å². The molecule has 1 aromatic heterocycles. The van der Waals surface area contributed by atoms with Crippen molar-refractivity contribution in [2.75, 3.05) is 4.72 Å². The summed E-state index contributed by atoms with van der Waals surface area (Å²) in [7, 11) is -3.67. The highest BCUT2D eigenvalue weighted by Gasteiger charge is 2.14. The van der Waals surface area contributed by atoms with Gasteiger partial charge < -0.3 is 0 Å². The van der Waals surface area contributed by atoms with E-state index < -0.39 is 15.8 Å². The minimum atomic E-state index is -3.67. The highest BCUT2D eigenvalue weighted by Crippen LogP contribution is 2.21. The van der Waals surface area contributed by atoms with Gasteiger partial charge in [0, 0.05) is 11.1 Å². The van der Waals surface area contributed by atoms with Crippen molar-refractivity contribution in [2.24, 2.45) is 0 Å². The number of nitrogens with one attached hydrogen (secondary N) is 1. The Morgan fingerprint density at radius 3 is 2.50 bits per heavy atom. The summed E-state index contributed by atoms with van der Waals surface area (Å²) in [6.45, 7) is 1.88.